The summed E-state index contributed by atoms with van der Waals surface area (Å²) < 4.78 is 0. The summed E-state index contributed by atoms with van der Waals surface area (Å²) in [6.07, 6.45) is 8.29. The smallest absolute Gasteiger partial charge is 0.244 e. The molecule has 3 aliphatic rings. The predicted octanol–water partition coefficient (Wildman–Crippen LogP) is 3.68. The van der Waals surface area contributed by atoms with Gasteiger partial charge in [0.2, 0.25) is 5.91 Å². The van der Waals surface area contributed by atoms with E-state index < -0.39 is 0 Å². The molecule has 1 aliphatic heterocycles. The van der Waals surface area contributed by atoms with Crippen LogP contribution in [0.5, 0.6) is 0 Å². The SMILES string of the molecule is CCC1(CN2C(=O)C3(CCCC3)NC2c2cccs2)CC1. The molecule has 1 aromatic rings. The summed E-state index contributed by atoms with van der Waals surface area (Å²) in [5.41, 5.74) is 0.162. The van der Waals surface area contributed by atoms with Crippen molar-refractivity contribution >= 4 is 17.2 Å². The molecule has 0 bridgehead atoms. The number of nitrogens with zero attached hydrogens (tertiary/aromatic N) is 1. The van der Waals surface area contributed by atoms with Crippen molar-refractivity contribution < 1.29 is 4.79 Å². The molecule has 2 aliphatic carbocycles. The Balaban J connectivity index is 1.65. The lowest BCUT2D eigenvalue weighted by atomic mass is 9.97. The Hall–Kier alpha value is -0.870. The van der Waals surface area contributed by atoms with Gasteiger partial charge >= 0.3 is 0 Å². The topological polar surface area (TPSA) is 32.3 Å². The van der Waals surface area contributed by atoms with Crippen LogP contribution in [0.1, 0.15) is 62.9 Å². The lowest BCUT2D eigenvalue weighted by Gasteiger charge is -2.27. The Bertz CT molecular complexity index is 529. The first-order valence-electron chi connectivity index (χ1n) is 8.30. The monoisotopic (exact) mass is 304 g/mol. The van der Waals surface area contributed by atoms with Crippen LogP contribution in [0.25, 0.3) is 0 Å². The Morgan fingerprint density at radius 3 is 2.67 bits per heavy atom. The van der Waals surface area contributed by atoms with Crippen LogP contribution in [-0.4, -0.2) is 22.9 Å². The third-order valence-electron chi connectivity index (χ3n) is 5.88. The highest BCUT2D eigenvalue weighted by Crippen LogP contribution is 2.52. The molecule has 1 unspecified atom stereocenters. The largest absolute Gasteiger partial charge is 0.320 e. The second kappa shape index (κ2) is 4.82. The molecule has 1 N–H and O–H groups in total. The third kappa shape index (κ3) is 2.15. The van der Waals surface area contributed by atoms with Crippen LogP contribution in [0.15, 0.2) is 17.5 Å². The highest BCUT2D eigenvalue weighted by molar-refractivity contribution is 7.10. The van der Waals surface area contributed by atoms with Gasteiger partial charge in [-0.05, 0) is 49.0 Å². The van der Waals surface area contributed by atoms with Gasteiger partial charge in [0.15, 0.2) is 0 Å². The van der Waals surface area contributed by atoms with Crippen LogP contribution in [0.3, 0.4) is 0 Å². The van der Waals surface area contributed by atoms with Gasteiger partial charge < -0.3 is 4.90 Å². The molecule has 1 amide bonds. The highest BCUT2D eigenvalue weighted by atomic mass is 32.1. The van der Waals surface area contributed by atoms with E-state index in [1.54, 1.807) is 11.3 Å². The first-order valence-corrected chi connectivity index (χ1v) is 9.18. The fourth-order valence-corrected chi connectivity index (χ4v) is 4.91. The van der Waals surface area contributed by atoms with E-state index in [1.807, 2.05) is 0 Å². The first kappa shape index (κ1) is 13.8. The number of hydrogen-bond acceptors (Lipinski definition) is 3. The molecule has 0 radical (unpaired) electrons. The standard InChI is InChI=1S/C17H24N2OS/c1-2-16(9-10-16)12-19-14(13-6-5-11-21-13)18-17(15(19)20)7-3-4-8-17/h5-6,11,14,18H,2-4,7-10,12H2,1H3. The zero-order valence-electron chi connectivity index (χ0n) is 12.7. The molecule has 1 saturated heterocycles. The van der Waals surface area contributed by atoms with Crippen LogP contribution < -0.4 is 5.32 Å². The summed E-state index contributed by atoms with van der Waals surface area (Å²) >= 11 is 1.77. The lowest BCUT2D eigenvalue weighted by molar-refractivity contribution is -0.134. The van der Waals surface area contributed by atoms with E-state index in [0.717, 1.165) is 19.4 Å². The van der Waals surface area contributed by atoms with Crippen molar-refractivity contribution in [1.29, 1.82) is 0 Å². The molecule has 1 atom stereocenters. The molecular formula is C17H24N2OS. The highest BCUT2D eigenvalue weighted by Gasteiger charge is 2.55. The summed E-state index contributed by atoms with van der Waals surface area (Å²) in [5, 5.41) is 5.85. The van der Waals surface area contributed by atoms with Crippen molar-refractivity contribution in [1.82, 2.24) is 10.2 Å². The van der Waals surface area contributed by atoms with Crippen molar-refractivity contribution in [3.05, 3.63) is 22.4 Å². The minimum Gasteiger partial charge on any atom is -0.320 e. The Kier molecular flexibility index (Phi) is 3.16. The summed E-state index contributed by atoms with van der Waals surface area (Å²) in [5.74, 6) is 0.373. The van der Waals surface area contributed by atoms with Gasteiger partial charge in [0, 0.05) is 11.4 Å². The summed E-state index contributed by atoms with van der Waals surface area (Å²) in [7, 11) is 0. The molecule has 4 heteroatoms. The summed E-state index contributed by atoms with van der Waals surface area (Å²) in [6.45, 7) is 3.21. The Morgan fingerprint density at radius 2 is 2.10 bits per heavy atom. The number of rotatable bonds is 4. The van der Waals surface area contributed by atoms with Crippen molar-refractivity contribution in [3.8, 4) is 0 Å². The minimum atomic E-state index is -0.252. The molecule has 21 heavy (non-hydrogen) atoms. The van der Waals surface area contributed by atoms with Gasteiger partial charge in [0.05, 0.1) is 5.54 Å². The third-order valence-corrected chi connectivity index (χ3v) is 6.80. The van der Waals surface area contributed by atoms with Crippen LogP contribution in [-0.2, 0) is 4.79 Å². The van der Waals surface area contributed by atoms with Gasteiger partial charge in [-0.25, -0.2) is 0 Å². The maximum absolute atomic E-state index is 13.1. The van der Waals surface area contributed by atoms with Crippen LogP contribution in [0.2, 0.25) is 0 Å². The van der Waals surface area contributed by atoms with Gasteiger partial charge in [-0.2, -0.15) is 0 Å². The fourth-order valence-electron chi connectivity index (χ4n) is 4.13. The molecule has 0 aromatic carbocycles. The fraction of sp³-hybridized carbons (Fsp3) is 0.706. The quantitative estimate of drug-likeness (QED) is 0.920. The summed E-state index contributed by atoms with van der Waals surface area (Å²) in [6, 6.07) is 4.26. The number of hydrogen-bond donors (Lipinski definition) is 1. The number of thiophene rings is 1. The minimum absolute atomic E-state index is 0.111. The lowest BCUT2D eigenvalue weighted by Crippen LogP contribution is -2.44. The number of carbonyl (C=O) groups excluding carboxylic acids is 1. The predicted molar refractivity (Wildman–Crippen MR) is 85.1 cm³/mol. The van der Waals surface area contributed by atoms with Crippen molar-refractivity contribution in [2.45, 2.75) is 63.6 Å². The zero-order valence-corrected chi connectivity index (χ0v) is 13.5. The van der Waals surface area contributed by atoms with Crippen LogP contribution in [0, 0.1) is 5.41 Å². The van der Waals surface area contributed by atoms with E-state index in [1.165, 1.54) is 37.0 Å². The average molecular weight is 304 g/mol. The molecule has 1 aromatic heterocycles. The average Bonchev–Trinajstić information content (AvgIpc) is 2.90. The van der Waals surface area contributed by atoms with E-state index in [0.29, 0.717) is 11.3 Å². The molecule has 4 rings (SSSR count). The molecule has 1 spiro atoms. The van der Waals surface area contributed by atoms with E-state index in [9.17, 15) is 4.79 Å². The van der Waals surface area contributed by atoms with Gasteiger partial charge in [-0.3, -0.25) is 10.1 Å². The van der Waals surface area contributed by atoms with E-state index in [-0.39, 0.29) is 11.7 Å². The van der Waals surface area contributed by atoms with Crippen LogP contribution >= 0.6 is 11.3 Å². The Labute approximate surface area is 130 Å². The number of carbonyl (C=O) groups is 1. The number of amides is 1. The molecule has 3 fully saturated rings. The first-order chi connectivity index (χ1) is 10.2. The second-order valence-electron chi connectivity index (χ2n) is 7.14. The van der Waals surface area contributed by atoms with Gasteiger partial charge in [-0.15, -0.1) is 11.3 Å². The van der Waals surface area contributed by atoms with Gasteiger partial charge in [-0.1, -0.05) is 25.8 Å². The second-order valence-corrected chi connectivity index (χ2v) is 8.12. The molecule has 2 heterocycles. The molecule has 3 nitrogen and oxygen atoms in total. The maximum atomic E-state index is 13.1. The van der Waals surface area contributed by atoms with Crippen molar-refractivity contribution in [2.24, 2.45) is 5.41 Å². The molecule has 114 valence electrons. The van der Waals surface area contributed by atoms with E-state index in [2.05, 4.69) is 34.7 Å². The maximum Gasteiger partial charge on any atom is 0.244 e. The van der Waals surface area contributed by atoms with Gasteiger partial charge in [0.1, 0.15) is 6.17 Å². The molecule has 2 saturated carbocycles. The molecular weight excluding hydrogens is 280 g/mol. The number of nitrogens with one attached hydrogen (secondary N) is 1. The van der Waals surface area contributed by atoms with Crippen molar-refractivity contribution in [2.75, 3.05) is 6.54 Å². The van der Waals surface area contributed by atoms with Gasteiger partial charge in [0.25, 0.3) is 0 Å². The van der Waals surface area contributed by atoms with Crippen LogP contribution in [0.4, 0.5) is 0 Å². The zero-order chi connectivity index (χ0) is 14.5. The normalized spacial score (nSPS) is 29.5. The Morgan fingerprint density at radius 1 is 1.33 bits per heavy atom. The van der Waals surface area contributed by atoms with Crippen molar-refractivity contribution in [3.63, 3.8) is 0 Å². The van der Waals surface area contributed by atoms with E-state index in [4.69, 9.17) is 0 Å². The summed E-state index contributed by atoms with van der Waals surface area (Å²) in [4.78, 5) is 16.6. The van der Waals surface area contributed by atoms with E-state index >= 15 is 0 Å².